The van der Waals surface area contributed by atoms with Crippen molar-refractivity contribution in [2.45, 2.75) is 31.6 Å². The maximum Gasteiger partial charge on any atom is 0.140 e. The lowest BCUT2D eigenvalue weighted by Gasteiger charge is -2.22. The summed E-state index contributed by atoms with van der Waals surface area (Å²) in [5.74, 6) is 1.85. The molecule has 92 valence electrons. The number of carbonyl (C=O) groups excluding carboxylic acids is 1. The molecule has 1 fully saturated rings. The molecule has 1 unspecified atom stereocenters. The summed E-state index contributed by atoms with van der Waals surface area (Å²) < 4.78 is 10.5. The van der Waals surface area contributed by atoms with Gasteiger partial charge in [0.15, 0.2) is 0 Å². The van der Waals surface area contributed by atoms with Gasteiger partial charge in [0.2, 0.25) is 0 Å². The molecule has 0 N–H and O–H groups in total. The highest BCUT2D eigenvalue weighted by Gasteiger charge is 2.26. The number of ether oxygens (including phenoxy) is 2. The molecule has 1 saturated carbocycles. The van der Waals surface area contributed by atoms with E-state index in [1.54, 1.807) is 14.2 Å². The van der Waals surface area contributed by atoms with E-state index in [1.165, 1.54) is 0 Å². The summed E-state index contributed by atoms with van der Waals surface area (Å²) in [4.78, 5) is 11.9. The topological polar surface area (TPSA) is 35.5 Å². The second kappa shape index (κ2) is 5.21. The zero-order valence-corrected chi connectivity index (χ0v) is 10.4. The predicted molar refractivity (Wildman–Crippen MR) is 65.8 cm³/mol. The van der Waals surface area contributed by atoms with Crippen molar-refractivity contribution in [3.8, 4) is 11.5 Å². The van der Waals surface area contributed by atoms with E-state index in [1.807, 2.05) is 18.2 Å². The Morgan fingerprint density at radius 1 is 1.18 bits per heavy atom. The Kier molecular flexibility index (Phi) is 3.67. The van der Waals surface area contributed by atoms with Gasteiger partial charge in [-0.05, 0) is 18.9 Å². The molecule has 0 amide bonds. The standard InChI is InChI=1S/C14H18O3/c1-16-10-7-8-12(14(9-10)17-2)11-5-3-4-6-13(11)15/h7-9,11H,3-6H2,1-2H3. The van der Waals surface area contributed by atoms with Gasteiger partial charge in [-0.15, -0.1) is 0 Å². The van der Waals surface area contributed by atoms with Gasteiger partial charge in [-0.1, -0.05) is 12.5 Å². The Balaban J connectivity index is 2.33. The average Bonchev–Trinajstić information content (AvgIpc) is 2.38. The number of rotatable bonds is 3. The molecule has 1 aliphatic carbocycles. The van der Waals surface area contributed by atoms with E-state index in [0.29, 0.717) is 12.2 Å². The summed E-state index contributed by atoms with van der Waals surface area (Å²) in [6.45, 7) is 0. The molecule has 0 heterocycles. The van der Waals surface area contributed by atoms with E-state index in [2.05, 4.69) is 0 Å². The van der Waals surface area contributed by atoms with Crippen molar-refractivity contribution < 1.29 is 14.3 Å². The van der Waals surface area contributed by atoms with Crippen LogP contribution in [0.3, 0.4) is 0 Å². The first kappa shape index (κ1) is 12.0. The van der Waals surface area contributed by atoms with Crippen LogP contribution in [0.1, 0.15) is 37.2 Å². The van der Waals surface area contributed by atoms with Crippen molar-refractivity contribution in [2.75, 3.05) is 14.2 Å². The SMILES string of the molecule is COc1ccc(C2CCCCC2=O)c(OC)c1. The van der Waals surface area contributed by atoms with Crippen molar-refractivity contribution in [1.82, 2.24) is 0 Å². The van der Waals surface area contributed by atoms with Gasteiger partial charge in [-0.2, -0.15) is 0 Å². The van der Waals surface area contributed by atoms with Crippen LogP contribution in [-0.4, -0.2) is 20.0 Å². The number of methoxy groups -OCH3 is 2. The number of carbonyl (C=O) groups is 1. The molecule has 0 radical (unpaired) electrons. The van der Waals surface area contributed by atoms with Crippen LogP contribution in [-0.2, 0) is 4.79 Å². The third-order valence-corrected chi connectivity index (χ3v) is 3.37. The lowest BCUT2D eigenvalue weighted by atomic mass is 9.82. The molecule has 0 aromatic heterocycles. The fraction of sp³-hybridized carbons (Fsp3) is 0.500. The maximum atomic E-state index is 11.9. The average molecular weight is 234 g/mol. The zero-order chi connectivity index (χ0) is 12.3. The van der Waals surface area contributed by atoms with E-state index in [0.717, 1.165) is 36.3 Å². The number of benzene rings is 1. The minimum atomic E-state index is 0.00426. The lowest BCUT2D eigenvalue weighted by Crippen LogP contribution is -2.17. The highest BCUT2D eigenvalue weighted by atomic mass is 16.5. The normalized spacial score (nSPS) is 20.1. The van der Waals surface area contributed by atoms with Gasteiger partial charge in [-0.3, -0.25) is 4.79 Å². The first-order valence-corrected chi connectivity index (χ1v) is 6.01. The van der Waals surface area contributed by atoms with Crippen LogP contribution in [0.5, 0.6) is 11.5 Å². The molecule has 0 aliphatic heterocycles. The summed E-state index contributed by atoms with van der Waals surface area (Å²) in [6, 6.07) is 5.68. The van der Waals surface area contributed by atoms with Crippen LogP contribution in [0.2, 0.25) is 0 Å². The summed E-state index contributed by atoms with van der Waals surface area (Å²) in [7, 11) is 3.26. The Morgan fingerprint density at radius 2 is 2.00 bits per heavy atom. The van der Waals surface area contributed by atoms with Gasteiger partial charge in [0.05, 0.1) is 14.2 Å². The second-order valence-electron chi connectivity index (χ2n) is 4.37. The summed E-state index contributed by atoms with van der Waals surface area (Å²) >= 11 is 0. The highest BCUT2D eigenvalue weighted by molar-refractivity contribution is 5.87. The van der Waals surface area contributed by atoms with Gasteiger partial charge >= 0.3 is 0 Å². The minimum absolute atomic E-state index is 0.00426. The van der Waals surface area contributed by atoms with Gasteiger partial charge < -0.3 is 9.47 Å². The molecule has 3 heteroatoms. The maximum absolute atomic E-state index is 11.9. The number of hydrogen-bond donors (Lipinski definition) is 0. The Bertz CT molecular complexity index is 412. The van der Waals surface area contributed by atoms with E-state index in [9.17, 15) is 4.79 Å². The van der Waals surface area contributed by atoms with Gasteiger partial charge in [-0.25, -0.2) is 0 Å². The number of hydrogen-bond acceptors (Lipinski definition) is 3. The molecule has 1 atom stereocenters. The molecule has 0 spiro atoms. The molecule has 1 aliphatic rings. The molecule has 3 nitrogen and oxygen atoms in total. The van der Waals surface area contributed by atoms with E-state index < -0.39 is 0 Å². The van der Waals surface area contributed by atoms with E-state index >= 15 is 0 Å². The van der Waals surface area contributed by atoms with Crippen molar-refractivity contribution in [3.63, 3.8) is 0 Å². The third kappa shape index (κ3) is 2.43. The Morgan fingerprint density at radius 3 is 2.65 bits per heavy atom. The molecular formula is C14H18O3. The van der Waals surface area contributed by atoms with Crippen LogP contribution in [0, 0.1) is 0 Å². The van der Waals surface area contributed by atoms with Crippen molar-refractivity contribution in [1.29, 1.82) is 0 Å². The van der Waals surface area contributed by atoms with Gasteiger partial charge in [0, 0.05) is 24.0 Å². The lowest BCUT2D eigenvalue weighted by molar-refractivity contribution is -0.121. The van der Waals surface area contributed by atoms with Crippen LogP contribution in [0.15, 0.2) is 18.2 Å². The van der Waals surface area contributed by atoms with E-state index in [-0.39, 0.29) is 5.92 Å². The van der Waals surface area contributed by atoms with Crippen LogP contribution in [0.4, 0.5) is 0 Å². The minimum Gasteiger partial charge on any atom is -0.497 e. The molecule has 2 rings (SSSR count). The van der Waals surface area contributed by atoms with Crippen molar-refractivity contribution >= 4 is 5.78 Å². The third-order valence-electron chi connectivity index (χ3n) is 3.37. The monoisotopic (exact) mass is 234 g/mol. The second-order valence-corrected chi connectivity index (χ2v) is 4.37. The first-order chi connectivity index (χ1) is 8.26. The summed E-state index contributed by atoms with van der Waals surface area (Å²) in [5.41, 5.74) is 0.998. The zero-order valence-electron chi connectivity index (χ0n) is 10.4. The summed E-state index contributed by atoms with van der Waals surface area (Å²) in [6.07, 6.45) is 3.76. The molecule has 1 aromatic carbocycles. The Labute approximate surface area is 102 Å². The van der Waals surface area contributed by atoms with Crippen LogP contribution >= 0.6 is 0 Å². The number of ketones is 1. The molecule has 1 aromatic rings. The fourth-order valence-corrected chi connectivity index (χ4v) is 2.42. The van der Waals surface area contributed by atoms with Crippen LogP contribution in [0.25, 0.3) is 0 Å². The van der Waals surface area contributed by atoms with Gasteiger partial charge in [0.25, 0.3) is 0 Å². The molecular weight excluding hydrogens is 216 g/mol. The first-order valence-electron chi connectivity index (χ1n) is 6.01. The molecule has 0 bridgehead atoms. The molecule has 0 saturated heterocycles. The fourth-order valence-electron chi connectivity index (χ4n) is 2.42. The predicted octanol–water partition coefficient (Wildman–Crippen LogP) is 2.93. The number of Topliss-reactive ketones (excluding diaryl/α,β-unsaturated/α-hetero) is 1. The smallest absolute Gasteiger partial charge is 0.140 e. The highest BCUT2D eigenvalue weighted by Crippen LogP contribution is 2.37. The van der Waals surface area contributed by atoms with Crippen molar-refractivity contribution in [2.24, 2.45) is 0 Å². The Hall–Kier alpha value is -1.51. The van der Waals surface area contributed by atoms with E-state index in [4.69, 9.17) is 9.47 Å². The molecule has 17 heavy (non-hydrogen) atoms. The largest absolute Gasteiger partial charge is 0.497 e. The van der Waals surface area contributed by atoms with Crippen molar-refractivity contribution in [3.05, 3.63) is 23.8 Å². The quantitative estimate of drug-likeness (QED) is 0.806. The van der Waals surface area contributed by atoms with Crippen LogP contribution < -0.4 is 9.47 Å². The van der Waals surface area contributed by atoms with Gasteiger partial charge in [0.1, 0.15) is 17.3 Å². The summed E-state index contributed by atoms with van der Waals surface area (Å²) in [5, 5.41) is 0.